The van der Waals surface area contributed by atoms with Gasteiger partial charge in [-0.1, -0.05) is 43.9 Å². The summed E-state index contributed by atoms with van der Waals surface area (Å²) in [6, 6.07) is 8.84. The van der Waals surface area contributed by atoms with Crippen LogP contribution in [0, 0.1) is 11.3 Å². The average molecular weight is 366 g/mol. The molecule has 2 N–H and O–H groups in total. The van der Waals surface area contributed by atoms with Crippen LogP contribution in [0.2, 0.25) is 0 Å². The predicted octanol–water partition coefficient (Wildman–Crippen LogP) is 4.46. The Bertz CT molecular complexity index is 724. The summed E-state index contributed by atoms with van der Waals surface area (Å²) in [5, 5.41) is 15.7. The number of nitrogens with one attached hydrogen (secondary N) is 2. The number of rotatable bonds is 5. The van der Waals surface area contributed by atoms with Crippen molar-refractivity contribution in [3.05, 3.63) is 46.7 Å². The third-order valence-corrected chi connectivity index (χ3v) is 5.90. The number of amides is 1. The number of carbonyl (C=O) groups is 1. The van der Waals surface area contributed by atoms with E-state index >= 15 is 0 Å². The van der Waals surface area contributed by atoms with Crippen molar-refractivity contribution in [2.75, 3.05) is 0 Å². The standard InChI is InChI=1S/C23H31N3O/c1-17(19-13-12-18-8-6-7-9-20(18)14-19)26-23(27)21(15-24)16-25-22-10-4-2-3-5-11-22/h12-14,16-17,22,25H,2-11H2,1H3,(H,26,27)/b21-16-. The molecule has 0 heterocycles. The van der Waals surface area contributed by atoms with E-state index in [0.717, 1.165) is 31.2 Å². The smallest absolute Gasteiger partial charge is 0.263 e. The number of benzene rings is 1. The summed E-state index contributed by atoms with van der Waals surface area (Å²) >= 11 is 0. The summed E-state index contributed by atoms with van der Waals surface area (Å²) in [5.41, 5.74) is 4.11. The molecule has 0 saturated heterocycles. The first-order valence-corrected chi connectivity index (χ1v) is 10.5. The number of carbonyl (C=O) groups excluding carboxylic acids is 1. The lowest BCUT2D eigenvalue weighted by Gasteiger charge is -2.20. The number of nitrogens with zero attached hydrogens (tertiary/aromatic N) is 1. The van der Waals surface area contributed by atoms with E-state index < -0.39 is 0 Å². The van der Waals surface area contributed by atoms with E-state index in [1.165, 1.54) is 49.7 Å². The molecule has 1 aromatic rings. The Morgan fingerprint density at radius 3 is 2.52 bits per heavy atom. The molecule has 1 amide bonds. The van der Waals surface area contributed by atoms with E-state index in [4.69, 9.17) is 0 Å². The van der Waals surface area contributed by atoms with E-state index in [1.807, 2.05) is 6.92 Å². The molecule has 0 aromatic heterocycles. The van der Waals surface area contributed by atoms with Crippen LogP contribution < -0.4 is 10.6 Å². The number of aryl methyl sites for hydroxylation is 2. The van der Waals surface area contributed by atoms with Crippen molar-refractivity contribution < 1.29 is 4.79 Å². The van der Waals surface area contributed by atoms with Gasteiger partial charge >= 0.3 is 0 Å². The highest BCUT2D eigenvalue weighted by Crippen LogP contribution is 2.25. The monoisotopic (exact) mass is 365 g/mol. The highest BCUT2D eigenvalue weighted by Gasteiger charge is 2.17. The summed E-state index contributed by atoms with van der Waals surface area (Å²) in [6.45, 7) is 1.98. The molecule has 1 unspecified atom stereocenters. The zero-order valence-corrected chi connectivity index (χ0v) is 16.4. The van der Waals surface area contributed by atoms with Crippen molar-refractivity contribution in [1.82, 2.24) is 10.6 Å². The van der Waals surface area contributed by atoms with Crippen LogP contribution >= 0.6 is 0 Å². The molecule has 0 aliphatic heterocycles. The van der Waals surface area contributed by atoms with Crippen molar-refractivity contribution in [3.8, 4) is 6.07 Å². The van der Waals surface area contributed by atoms with Crippen molar-refractivity contribution in [3.63, 3.8) is 0 Å². The lowest BCUT2D eigenvalue weighted by molar-refractivity contribution is -0.117. The van der Waals surface area contributed by atoms with Crippen LogP contribution in [0.3, 0.4) is 0 Å². The van der Waals surface area contributed by atoms with E-state index in [0.29, 0.717) is 6.04 Å². The minimum Gasteiger partial charge on any atom is -0.387 e. The number of fused-ring (bicyclic) bond motifs is 1. The molecule has 4 nitrogen and oxygen atoms in total. The zero-order chi connectivity index (χ0) is 19.1. The number of nitriles is 1. The Morgan fingerprint density at radius 2 is 1.81 bits per heavy atom. The van der Waals surface area contributed by atoms with Gasteiger partial charge in [0.25, 0.3) is 5.91 Å². The summed E-state index contributed by atoms with van der Waals surface area (Å²) < 4.78 is 0. The maximum Gasteiger partial charge on any atom is 0.263 e. The maximum atomic E-state index is 12.5. The number of hydrogen-bond donors (Lipinski definition) is 2. The van der Waals surface area contributed by atoms with Crippen LogP contribution in [-0.4, -0.2) is 11.9 Å². The normalized spacial score (nSPS) is 19.3. The van der Waals surface area contributed by atoms with Crippen LogP contribution in [0.15, 0.2) is 30.0 Å². The molecular weight excluding hydrogens is 334 g/mol. The van der Waals surface area contributed by atoms with Crippen LogP contribution in [-0.2, 0) is 17.6 Å². The summed E-state index contributed by atoms with van der Waals surface area (Å²) in [7, 11) is 0. The van der Waals surface area contributed by atoms with Gasteiger partial charge < -0.3 is 10.6 Å². The second-order valence-corrected chi connectivity index (χ2v) is 7.96. The van der Waals surface area contributed by atoms with Gasteiger partial charge in [0, 0.05) is 12.2 Å². The summed E-state index contributed by atoms with van der Waals surface area (Å²) in [4.78, 5) is 12.5. The minimum atomic E-state index is -0.302. The van der Waals surface area contributed by atoms with E-state index in [1.54, 1.807) is 6.20 Å². The van der Waals surface area contributed by atoms with Gasteiger partial charge in [0.05, 0.1) is 6.04 Å². The van der Waals surface area contributed by atoms with Gasteiger partial charge in [-0.2, -0.15) is 5.26 Å². The van der Waals surface area contributed by atoms with Gasteiger partial charge in [-0.25, -0.2) is 0 Å². The van der Waals surface area contributed by atoms with Crippen LogP contribution in [0.25, 0.3) is 0 Å². The maximum absolute atomic E-state index is 12.5. The molecule has 4 heteroatoms. The Hall–Kier alpha value is -2.28. The molecule has 27 heavy (non-hydrogen) atoms. The molecule has 2 aliphatic rings. The molecule has 144 valence electrons. The Morgan fingerprint density at radius 1 is 1.11 bits per heavy atom. The highest BCUT2D eigenvalue weighted by molar-refractivity contribution is 5.97. The first-order valence-electron chi connectivity index (χ1n) is 10.5. The first kappa shape index (κ1) is 19.5. The first-order chi connectivity index (χ1) is 13.2. The lowest BCUT2D eigenvalue weighted by atomic mass is 9.89. The van der Waals surface area contributed by atoms with Crippen LogP contribution in [0.5, 0.6) is 0 Å². The molecule has 2 aliphatic carbocycles. The fraction of sp³-hybridized carbons (Fsp3) is 0.565. The molecule has 1 aromatic carbocycles. The highest BCUT2D eigenvalue weighted by atomic mass is 16.1. The fourth-order valence-electron chi connectivity index (χ4n) is 4.18. The average Bonchev–Trinajstić information content (AvgIpc) is 2.97. The van der Waals surface area contributed by atoms with Gasteiger partial charge in [0.15, 0.2) is 0 Å². The second kappa shape index (κ2) is 9.60. The van der Waals surface area contributed by atoms with Gasteiger partial charge in [-0.3, -0.25) is 4.79 Å². The predicted molar refractivity (Wildman–Crippen MR) is 108 cm³/mol. The Kier molecular flexibility index (Phi) is 6.92. The Labute approximate surface area is 163 Å². The topological polar surface area (TPSA) is 64.9 Å². The molecule has 0 spiro atoms. The third kappa shape index (κ3) is 5.35. The van der Waals surface area contributed by atoms with Crippen molar-refractivity contribution in [1.29, 1.82) is 5.26 Å². The van der Waals surface area contributed by atoms with Gasteiger partial charge in [-0.15, -0.1) is 0 Å². The van der Waals surface area contributed by atoms with Gasteiger partial charge in [-0.05, 0) is 62.1 Å². The molecular formula is C23H31N3O. The van der Waals surface area contributed by atoms with Gasteiger partial charge in [0.1, 0.15) is 11.6 Å². The van der Waals surface area contributed by atoms with E-state index in [2.05, 4.69) is 34.9 Å². The molecule has 1 fully saturated rings. The van der Waals surface area contributed by atoms with Crippen LogP contribution in [0.4, 0.5) is 0 Å². The van der Waals surface area contributed by atoms with E-state index in [-0.39, 0.29) is 17.5 Å². The van der Waals surface area contributed by atoms with Crippen LogP contribution in [0.1, 0.15) is 81.0 Å². The van der Waals surface area contributed by atoms with E-state index in [9.17, 15) is 10.1 Å². The van der Waals surface area contributed by atoms with Crippen molar-refractivity contribution >= 4 is 5.91 Å². The molecule has 3 rings (SSSR count). The zero-order valence-electron chi connectivity index (χ0n) is 16.4. The minimum absolute atomic E-state index is 0.112. The van der Waals surface area contributed by atoms with Gasteiger partial charge in [0.2, 0.25) is 0 Å². The number of hydrogen-bond acceptors (Lipinski definition) is 3. The molecule has 0 radical (unpaired) electrons. The SMILES string of the molecule is CC(NC(=O)/C(C#N)=C\NC1CCCCCC1)c1ccc2c(c1)CCCC2. The van der Waals surface area contributed by atoms with Crippen molar-refractivity contribution in [2.45, 2.75) is 83.2 Å². The molecule has 1 atom stereocenters. The summed E-state index contributed by atoms with van der Waals surface area (Å²) in [6.07, 6.45) is 13.6. The molecule has 0 bridgehead atoms. The summed E-state index contributed by atoms with van der Waals surface area (Å²) in [5.74, 6) is -0.302. The fourth-order valence-corrected chi connectivity index (χ4v) is 4.18. The lowest BCUT2D eigenvalue weighted by Crippen LogP contribution is -2.30. The largest absolute Gasteiger partial charge is 0.387 e. The molecule has 1 saturated carbocycles. The van der Waals surface area contributed by atoms with Crippen molar-refractivity contribution in [2.24, 2.45) is 0 Å². The quantitative estimate of drug-likeness (QED) is 0.460. The Balaban J connectivity index is 1.60. The second-order valence-electron chi connectivity index (χ2n) is 7.96. The third-order valence-electron chi connectivity index (χ3n) is 5.90.